The number of nitrogens with one attached hydrogen (secondary N) is 2. The third kappa shape index (κ3) is 5.36. The van der Waals surface area contributed by atoms with Gasteiger partial charge in [0, 0.05) is 12.5 Å². The van der Waals surface area contributed by atoms with Crippen LogP contribution in [0.3, 0.4) is 0 Å². The van der Waals surface area contributed by atoms with E-state index in [0.717, 1.165) is 5.56 Å². The van der Waals surface area contributed by atoms with Crippen molar-refractivity contribution in [2.24, 2.45) is 0 Å². The first-order valence-electron chi connectivity index (χ1n) is 9.81. The van der Waals surface area contributed by atoms with Gasteiger partial charge in [0.25, 0.3) is 0 Å². The number of hydrogen-bond donors (Lipinski definition) is 2. The van der Waals surface area contributed by atoms with Gasteiger partial charge in [-0.1, -0.05) is 41.4 Å². The molecule has 1 heterocycles. The molecule has 0 fully saturated rings. The zero-order valence-corrected chi connectivity index (χ0v) is 19.0. The van der Waals surface area contributed by atoms with Crippen LogP contribution in [-0.4, -0.2) is 48.8 Å². The first-order chi connectivity index (χ1) is 14.7. The number of nitrogens with zero attached hydrogens (tertiary/aromatic N) is 2. The smallest absolute Gasteiger partial charge is 0.241 e. The number of rotatable bonds is 5. The highest BCUT2D eigenvalue weighted by Crippen LogP contribution is 2.33. The molecule has 0 saturated heterocycles. The standard InChI is InChI=1S/C22H24Cl2N4O3/c1-13-8-9-15(23)22(21(13)24)26-19(30)11-27(3)12-20(31)28-14(2)10-18(29)25-16-6-4-5-7-17(16)28/h4-9,14H,10-12H2,1-3H3,(H,25,29)(H,26,30)/t14-/m1/s1. The van der Waals surface area contributed by atoms with Crippen LogP contribution < -0.4 is 15.5 Å². The highest BCUT2D eigenvalue weighted by atomic mass is 35.5. The van der Waals surface area contributed by atoms with Gasteiger partial charge in [-0.3, -0.25) is 19.3 Å². The Morgan fingerprint density at radius 1 is 1.19 bits per heavy atom. The van der Waals surface area contributed by atoms with E-state index in [0.29, 0.717) is 27.1 Å². The average Bonchev–Trinajstić information content (AvgIpc) is 2.82. The number of halogens is 2. The summed E-state index contributed by atoms with van der Waals surface area (Å²) in [4.78, 5) is 40.9. The fourth-order valence-corrected chi connectivity index (χ4v) is 3.99. The summed E-state index contributed by atoms with van der Waals surface area (Å²) in [6.07, 6.45) is 0.189. The fraction of sp³-hybridized carbons (Fsp3) is 0.318. The molecular formula is C22H24Cl2N4O3. The van der Waals surface area contributed by atoms with Gasteiger partial charge >= 0.3 is 0 Å². The van der Waals surface area contributed by atoms with Crippen LogP contribution in [-0.2, 0) is 14.4 Å². The minimum Gasteiger partial charge on any atom is -0.324 e. The number of benzene rings is 2. The van der Waals surface area contributed by atoms with Crippen molar-refractivity contribution in [1.82, 2.24) is 4.90 Å². The monoisotopic (exact) mass is 462 g/mol. The Balaban J connectivity index is 1.69. The average molecular weight is 463 g/mol. The lowest BCUT2D eigenvalue weighted by atomic mass is 10.1. The summed E-state index contributed by atoms with van der Waals surface area (Å²) >= 11 is 12.4. The molecule has 0 radical (unpaired) electrons. The Kier molecular flexibility index (Phi) is 7.20. The van der Waals surface area contributed by atoms with Gasteiger partial charge in [-0.2, -0.15) is 0 Å². The van der Waals surface area contributed by atoms with Crippen LogP contribution in [0.4, 0.5) is 17.1 Å². The van der Waals surface area contributed by atoms with Crippen molar-refractivity contribution in [3.63, 3.8) is 0 Å². The first kappa shape index (κ1) is 23.1. The number of fused-ring (bicyclic) bond motifs is 1. The Morgan fingerprint density at radius 2 is 1.90 bits per heavy atom. The maximum Gasteiger partial charge on any atom is 0.241 e. The Morgan fingerprint density at radius 3 is 2.65 bits per heavy atom. The van der Waals surface area contributed by atoms with Crippen molar-refractivity contribution >= 4 is 58.0 Å². The molecule has 1 aliphatic rings. The molecular weight excluding hydrogens is 439 g/mol. The van der Waals surface area contributed by atoms with Gasteiger partial charge in [-0.15, -0.1) is 0 Å². The second kappa shape index (κ2) is 9.68. The Hall–Kier alpha value is -2.61. The van der Waals surface area contributed by atoms with E-state index in [2.05, 4.69) is 10.6 Å². The van der Waals surface area contributed by atoms with Crippen molar-refractivity contribution in [3.8, 4) is 0 Å². The Bertz CT molecular complexity index is 1030. The van der Waals surface area contributed by atoms with E-state index in [-0.39, 0.29) is 43.3 Å². The van der Waals surface area contributed by atoms with Gasteiger partial charge in [0.1, 0.15) is 0 Å². The van der Waals surface area contributed by atoms with Crippen LogP contribution in [0.15, 0.2) is 36.4 Å². The molecule has 2 aromatic rings. The van der Waals surface area contributed by atoms with Crippen LogP contribution in [0.1, 0.15) is 18.9 Å². The summed E-state index contributed by atoms with van der Waals surface area (Å²) in [6, 6.07) is 10.3. The number of carbonyl (C=O) groups is 3. The van der Waals surface area contributed by atoms with E-state index in [1.807, 2.05) is 19.9 Å². The molecule has 164 valence electrons. The van der Waals surface area contributed by atoms with E-state index in [1.54, 1.807) is 47.2 Å². The second-order valence-electron chi connectivity index (χ2n) is 7.66. The fourth-order valence-electron chi connectivity index (χ4n) is 3.53. The van der Waals surface area contributed by atoms with E-state index >= 15 is 0 Å². The van der Waals surface area contributed by atoms with Crippen molar-refractivity contribution in [3.05, 3.63) is 52.0 Å². The van der Waals surface area contributed by atoms with Crippen molar-refractivity contribution < 1.29 is 14.4 Å². The number of anilines is 3. The SMILES string of the molecule is Cc1ccc(Cl)c(NC(=O)CN(C)CC(=O)N2c3ccccc3NC(=O)C[C@H]2C)c1Cl. The van der Waals surface area contributed by atoms with E-state index in [1.165, 1.54) is 0 Å². The van der Waals surface area contributed by atoms with Gasteiger partial charge in [-0.25, -0.2) is 0 Å². The van der Waals surface area contributed by atoms with Crippen molar-refractivity contribution in [2.45, 2.75) is 26.3 Å². The van der Waals surface area contributed by atoms with Crippen LogP contribution >= 0.6 is 23.2 Å². The molecule has 0 unspecified atom stereocenters. The predicted molar refractivity (Wildman–Crippen MR) is 124 cm³/mol. The van der Waals surface area contributed by atoms with Crippen LogP contribution in [0, 0.1) is 6.92 Å². The second-order valence-corrected chi connectivity index (χ2v) is 8.44. The summed E-state index contributed by atoms with van der Waals surface area (Å²) in [5.74, 6) is -0.695. The molecule has 1 atom stereocenters. The molecule has 9 heteroatoms. The molecule has 2 aromatic carbocycles. The van der Waals surface area contributed by atoms with Crippen LogP contribution in [0.2, 0.25) is 10.0 Å². The summed E-state index contributed by atoms with van der Waals surface area (Å²) in [6.45, 7) is 3.61. The van der Waals surface area contributed by atoms with Gasteiger partial charge in [0.05, 0.1) is 40.2 Å². The van der Waals surface area contributed by atoms with Crippen molar-refractivity contribution in [1.29, 1.82) is 0 Å². The maximum atomic E-state index is 13.1. The highest BCUT2D eigenvalue weighted by Gasteiger charge is 2.30. The molecule has 0 spiro atoms. The molecule has 7 nitrogen and oxygen atoms in total. The first-order valence-corrected chi connectivity index (χ1v) is 10.6. The number of amides is 3. The lowest BCUT2D eigenvalue weighted by molar-refractivity contribution is -0.121. The van der Waals surface area contributed by atoms with Gasteiger partial charge in [0.2, 0.25) is 17.7 Å². The minimum atomic E-state index is -0.342. The molecule has 0 aromatic heterocycles. The molecule has 2 N–H and O–H groups in total. The number of para-hydroxylation sites is 2. The van der Waals surface area contributed by atoms with E-state index < -0.39 is 0 Å². The summed E-state index contributed by atoms with van der Waals surface area (Å²) in [5, 5.41) is 6.27. The van der Waals surface area contributed by atoms with Gasteiger partial charge in [0.15, 0.2) is 0 Å². The quantitative estimate of drug-likeness (QED) is 0.704. The molecule has 0 aliphatic carbocycles. The number of likely N-dealkylation sites (N-methyl/N-ethyl adjacent to an activating group) is 1. The number of aryl methyl sites for hydroxylation is 1. The minimum absolute atomic E-state index is 0.00440. The van der Waals surface area contributed by atoms with E-state index in [9.17, 15) is 14.4 Å². The molecule has 0 bridgehead atoms. The molecule has 31 heavy (non-hydrogen) atoms. The number of hydrogen-bond acceptors (Lipinski definition) is 4. The highest BCUT2D eigenvalue weighted by molar-refractivity contribution is 6.40. The normalized spacial score (nSPS) is 15.9. The topological polar surface area (TPSA) is 81.8 Å². The summed E-state index contributed by atoms with van der Waals surface area (Å²) < 4.78 is 0. The zero-order valence-electron chi connectivity index (χ0n) is 17.5. The van der Waals surface area contributed by atoms with E-state index in [4.69, 9.17) is 23.2 Å². The van der Waals surface area contributed by atoms with Gasteiger partial charge in [-0.05, 0) is 44.7 Å². The summed E-state index contributed by atoms with van der Waals surface area (Å²) in [7, 11) is 1.68. The lowest BCUT2D eigenvalue weighted by Crippen LogP contribution is -2.45. The largest absolute Gasteiger partial charge is 0.324 e. The summed E-state index contributed by atoms with van der Waals surface area (Å²) in [5.41, 5.74) is 2.38. The lowest BCUT2D eigenvalue weighted by Gasteiger charge is -2.29. The van der Waals surface area contributed by atoms with Crippen molar-refractivity contribution in [2.75, 3.05) is 35.7 Å². The predicted octanol–water partition coefficient (Wildman–Crippen LogP) is 3.94. The van der Waals surface area contributed by atoms with Crippen LogP contribution in [0.5, 0.6) is 0 Å². The molecule has 3 amide bonds. The third-order valence-electron chi connectivity index (χ3n) is 5.00. The Labute approximate surface area is 191 Å². The molecule has 0 saturated carbocycles. The zero-order chi connectivity index (χ0) is 22.7. The van der Waals surface area contributed by atoms with Crippen LogP contribution in [0.25, 0.3) is 0 Å². The van der Waals surface area contributed by atoms with Gasteiger partial charge < -0.3 is 15.5 Å². The molecule has 1 aliphatic heterocycles. The molecule has 3 rings (SSSR count). The number of carbonyl (C=O) groups excluding carboxylic acids is 3. The maximum absolute atomic E-state index is 13.1. The third-order valence-corrected chi connectivity index (χ3v) is 5.80.